The summed E-state index contributed by atoms with van der Waals surface area (Å²) in [5, 5.41) is 0. The van der Waals surface area contributed by atoms with Crippen LogP contribution in [-0.4, -0.2) is 7.11 Å². The molecule has 0 radical (unpaired) electrons. The second-order valence-electron chi connectivity index (χ2n) is 4.76. The van der Waals surface area contributed by atoms with Crippen LogP contribution in [-0.2, 0) is 0 Å². The lowest BCUT2D eigenvalue weighted by Crippen LogP contribution is -2.10. The van der Waals surface area contributed by atoms with Crippen LogP contribution in [0.2, 0.25) is 0 Å². The van der Waals surface area contributed by atoms with Gasteiger partial charge in [-0.3, -0.25) is 0 Å². The predicted molar refractivity (Wildman–Crippen MR) is 77.9 cm³/mol. The first kappa shape index (κ1) is 14.8. The van der Waals surface area contributed by atoms with Gasteiger partial charge in [0.15, 0.2) is 0 Å². The third-order valence-corrected chi connectivity index (χ3v) is 3.27. The number of hydrogen-bond acceptors (Lipinski definition) is 2. The Morgan fingerprint density at radius 1 is 1.33 bits per heavy atom. The molecule has 0 amide bonds. The molecule has 1 aromatic rings. The molecule has 0 bridgehead atoms. The van der Waals surface area contributed by atoms with Crippen molar-refractivity contribution in [3.63, 3.8) is 0 Å². The van der Waals surface area contributed by atoms with E-state index in [0.29, 0.717) is 0 Å². The molecule has 0 saturated heterocycles. The van der Waals surface area contributed by atoms with Gasteiger partial charge in [-0.1, -0.05) is 31.1 Å². The molecule has 0 fully saturated rings. The minimum absolute atomic E-state index is 0.137. The minimum Gasteiger partial charge on any atom is -0.496 e. The number of nitrogens with two attached hydrogens (primary N) is 1. The lowest BCUT2D eigenvalue weighted by atomic mass is 9.99. The molecule has 1 unspecified atom stereocenters. The summed E-state index contributed by atoms with van der Waals surface area (Å²) in [5.41, 5.74) is 8.56. The first-order valence-electron chi connectivity index (χ1n) is 6.70. The standard InChI is InChI=1S/C16H25NO/c1-4-5-6-7-8-9-15(17)14-10-11-16(18-3)13(2)12-14/h4,10-12,15H,1,5-9,17H2,2-3H3. The number of unbranched alkanes of at least 4 members (excludes halogenated alkanes) is 3. The number of methoxy groups -OCH3 is 1. The highest BCUT2D eigenvalue weighted by atomic mass is 16.5. The Kier molecular flexibility index (Phi) is 6.51. The van der Waals surface area contributed by atoms with Gasteiger partial charge in [-0.25, -0.2) is 0 Å². The van der Waals surface area contributed by atoms with Crippen molar-refractivity contribution in [1.29, 1.82) is 0 Å². The molecule has 0 aliphatic heterocycles. The summed E-state index contributed by atoms with van der Waals surface area (Å²) in [7, 11) is 1.70. The van der Waals surface area contributed by atoms with Gasteiger partial charge in [0.05, 0.1) is 7.11 Å². The van der Waals surface area contributed by atoms with Gasteiger partial charge in [-0.05, 0) is 43.4 Å². The third kappa shape index (κ3) is 4.53. The van der Waals surface area contributed by atoms with Crippen LogP contribution in [0.25, 0.3) is 0 Å². The molecule has 0 saturated carbocycles. The van der Waals surface area contributed by atoms with Crippen LogP contribution in [0, 0.1) is 6.92 Å². The van der Waals surface area contributed by atoms with Gasteiger partial charge in [0, 0.05) is 6.04 Å². The maximum absolute atomic E-state index is 6.21. The van der Waals surface area contributed by atoms with Crippen LogP contribution in [0.15, 0.2) is 30.9 Å². The van der Waals surface area contributed by atoms with E-state index >= 15 is 0 Å². The minimum atomic E-state index is 0.137. The first-order chi connectivity index (χ1) is 8.69. The quantitative estimate of drug-likeness (QED) is 0.553. The van der Waals surface area contributed by atoms with Crippen LogP contribution in [0.1, 0.15) is 49.3 Å². The highest BCUT2D eigenvalue weighted by Gasteiger charge is 2.07. The summed E-state index contributed by atoms with van der Waals surface area (Å²) in [6.45, 7) is 5.79. The van der Waals surface area contributed by atoms with Crippen molar-refractivity contribution in [3.8, 4) is 5.75 Å². The largest absolute Gasteiger partial charge is 0.496 e. The second-order valence-corrected chi connectivity index (χ2v) is 4.76. The summed E-state index contributed by atoms with van der Waals surface area (Å²) in [4.78, 5) is 0. The number of allylic oxidation sites excluding steroid dienone is 1. The van der Waals surface area contributed by atoms with E-state index in [9.17, 15) is 0 Å². The maximum Gasteiger partial charge on any atom is 0.121 e. The predicted octanol–water partition coefficient (Wildman–Crippen LogP) is 4.14. The van der Waals surface area contributed by atoms with Gasteiger partial charge < -0.3 is 10.5 Å². The summed E-state index contributed by atoms with van der Waals surface area (Å²) in [6.07, 6.45) is 7.76. The van der Waals surface area contributed by atoms with Gasteiger partial charge >= 0.3 is 0 Å². The van der Waals surface area contributed by atoms with Crippen molar-refractivity contribution < 1.29 is 4.74 Å². The second kappa shape index (κ2) is 7.93. The molecule has 2 N–H and O–H groups in total. The Labute approximate surface area is 111 Å². The smallest absolute Gasteiger partial charge is 0.121 e. The molecule has 0 spiro atoms. The lowest BCUT2D eigenvalue weighted by molar-refractivity contribution is 0.411. The topological polar surface area (TPSA) is 35.2 Å². The number of rotatable bonds is 8. The molecule has 100 valence electrons. The zero-order valence-electron chi connectivity index (χ0n) is 11.6. The Bertz CT molecular complexity index is 373. The Balaban J connectivity index is 2.43. The van der Waals surface area contributed by atoms with Crippen LogP contribution >= 0.6 is 0 Å². The SMILES string of the molecule is C=CCCCCCC(N)c1ccc(OC)c(C)c1. The molecule has 0 aliphatic rings. The zero-order chi connectivity index (χ0) is 13.4. The van der Waals surface area contributed by atoms with Crippen LogP contribution in [0.4, 0.5) is 0 Å². The Hall–Kier alpha value is -1.28. The third-order valence-electron chi connectivity index (χ3n) is 3.27. The van der Waals surface area contributed by atoms with Gasteiger partial charge in [0.2, 0.25) is 0 Å². The summed E-state index contributed by atoms with van der Waals surface area (Å²) in [5.74, 6) is 0.928. The number of aryl methyl sites for hydroxylation is 1. The summed E-state index contributed by atoms with van der Waals surface area (Å²) >= 11 is 0. The zero-order valence-corrected chi connectivity index (χ0v) is 11.6. The highest BCUT2D eigenvalue weighted by molar-refractivity contribution is 5.37. The van der Waals surface area contributed by atoms with Gasteiger partial charge in [-0.2, -0.15) is 0 Å². The van der Waals surface area contributed by atoms with E-state index in [4.69, 9.17) is 10.5 Å². The molecule has 2 nitrogen and oxygen atoms in total. The van der Waals surface area contributed by atoms with Gasteiger partial charge in [0.1, 0.15) is 5.75 Å². The average molecular weight is 247 g/mol. The summed E-state index contributed by atoms with van der Waals surface area (Å²) < 4.78 is 5.25. The van der Waals surface area contributed by atoms with E-state index in [2.05, 4.69) is 25.6 Å². The molecule has 0 aliphatic carbocycles. The van der Waals surface area contributed by atoms with Crippen LogP contribution in [0.5, 0.6) is 5.75 Å². The molecule has 1 aromatic carbocycles. The molecule has 1 rings (SSSR count). The molecule has 1 atom stereocenters. The van der Waals surface area contributed by atoms with Crippen molar-refractivity contribution in [1.82, 2.24) is 0 Å². The Morgan fingerprint density at radius 3 is 2.72 bits per heavy atom. The van der Waals surface area contributed by atoms with Crippen LogP contribution < -0.4 is 10.5 Å². The lowest BCUT2D eigenvalue weighted by Gasteiger charge is -2.14. The molecule has 0 heterocycles. The van der Waals surface area contributed by atoms with Gasteiger partial charge in [-0.15, -0.1) is 6.58 Å². The number of hydrogen-bond donors (Lipinski definition) is 1. The van der Waals surface area contributed by atoms with E-state index in [1.54, 1.807) is 7.11 Å². The molecule has 0 aromatic heterocycles. The fourth-order valence-corrected chi connectivity index (χ4v) is 2.13. The summed E-state index contributed by atoms with van der Waals surface area (Å²) in [6, 6.07) is 6.34. The normalized spacial score (nSPS) is 12.2. The number of ether oxygens (including phenoxy) is 1. The van der Waals surface area contributed by atoms with E-state index in [1.165, 1.54) is 24.8 Å². The fourth-order valence-electron chi connectivity index (χ4n) is 2.13. The molecular weight excluding hydrogens is 222 g/mol. The van der Waals surface area contributed by atoms with Crippen LogP contribution in [0.3, 0.4) is 0 Å². The number of benzene rings is 1. The van der Waals surface area contributed by atoms with Crippen molar-refractivity contribution in [3.05, 3.63) is 42.0 Å². The Morgan fingerprint density at radius 2 is 2.11 bits per heavy atom. The average Bonchev–Trinajstić information content (AvgIpc) is 2.38. The van der Waals surface area contributed by atoms with Gasteiger partial charge in [0.25, 0.3) is 0 Å². The molecule has 2 heteroatoms. The van der Waals surface area contributed by atoms with E-state index in [1.807, 2.05) is 12.1 Å². The molecular formula is C16H25NO. The van der Waals surface area contributed by atoms with Crippen molar-refractivity contribution in [2.75, 3.05) is 7.11 Å². The van der Waals surface area contributed by atoms with Crippen molar-refractivity contribution >= 4 is 0 Å². The van der Waals surface area contributed by atoms with E-state index in [0.717, 1.165) is 24.2 Å². The molecule has 18 heavy (non-hydrogen) atoms. The fraction of sp³-hybridized carbons (Fsp3) is 0.500. The monoisotopic (exact) mass is 247 g/mol. The van der Waals surface area contributed by atoms with Crippen molar-refractivity contribution in [2.45, 2.75) is 45.1 Å². The van der Waals surface area contributed by atoms with E-state index in [-0.39, 0.29) is 6.04 Å². The van der Waals surface area contributed by atoms with Crippen molar-refractivity contribution in [2.24, 2.45) is 5.73 Å². The first-order valence-corrected chi connectivity index (χ1v) is 6.70. The maximum atomic E-state index is 6.21. The highest BCUT2D eigenvalue weighted by Crippen LogP contribution is 2.24. The van der Waals surface area contributed by atoms with E-state index < -0.39 is 0 Å².